The highest BCUT2D eigenvalue weighted by Gasteiger charge is 2.33. The van der Waals surface area contributed by atoms with E-state index in [-0.39, 0.29) is 48.5 Å². The number of hydrogen-bond donors (Lipinski definition) is 2. The molecule has 3 atom stereocenters. The fraction of sp³-hybridized carbons (Fsp3) is 0.458. The highest BCUT2D eigenvalue weighted by molar-refractivity contribution is 7.92. The third-order valence-electron chi connectivity index (χ3n) is 6.18. The van der Waals surface area contributed by atoms with Gasteiger partial charge in [-0.25, -0.2) is 21.2 Å². The molecule has 0 saturated heterocycles. The van der Waals surface area contributed by atoms with E-state index in [9.17, 15) is 31.1 Å². The molecule has 10 nitrogen and oxygen atoms in total. The van der Waals surface area contributed by atoms with Crippen LogP contribution in [0.3, 0.4) is 0 Å². The Kier molecular flexibility index (Phi) is 8.83. The zero-order chi connectivity index (χ0) is 27.5. The van der Waals surface area contributed by atoms with Gasteiger partial charge in [-0.05, 0) is 49.4 Å². The maximum atomic E-state index is 13.3. The van der Waals surface area contributed by atoms with Gasteiger partial charge in [0.15, 0.2) is 0 Å². The number of ether oxygens (including phenoxy) is 1. The van der Waals surface area contributed by atoms with Crippen LogP contribution in [0.4, 0.5) is 10.1 Å². The molecule has 0 saturated carbocycles. The summed E-state index contributed by atoms with van der Waals surface area (Å²) in [7, 11) is -6.15. The molecule has 2 N–H and O–H groups in total. The lowest BCUT2D eigenvalue weighted by Crippen LogP contribution is -2.48. The van der Waals surface area contributed by atoms with Crippen molar-refractivity contribution in [1.82, 2.24) is 9.21 Å². The SMILES string of the molecule is C[C@H]1CN([C@@H](C)CO)C(=O)Cc2cc(NS(C)(=O)=O)ccc2O[C@@H]1CN(C)S(=O)(=O)c1ccc(F)cc1. The molecule has 37 heavy (non-hydrogen) atoms. The molecule has 0 unspecified atom stereocenters. The molecule has 0 bridgehead atoms. The van der Waals surface area contributed by atoms with Crippen LogP contribution < -0.4 is 9.46 Å². The van der Waals surface area contributed by atoms with E-state index >= 15 is 0 Å². The van der Waals surface area contributed by atoms with Gasteiger partial charge in [-0.1, -0.05) is 6.92 Å². The highest BCUT2D eigenvalue weighted by Crippen LogP contribution is 2.30. The van der Waals surface area contributed by atoms with Gasteiger partial charge in [-0.15, -0.1) is 0 Å². The van der Waals surface area contributed by atoms with Crippen molar-refractivity contribution >= 4 is 31.6 Å². The number of amides is 1. The van der Waals surface area contributed by atoms with E-state index in [0.717, 1.165) is 22.7 Å². The zero-order valence-electron chi connectivity index (χ0n) is 21.1. The normalized spacial score (nSPS) is 19.9. The topological polar surface area (TPSA) is 133 Å². The lowest BCUT2D eigenvalue weighted by molar-refractivity contribution is -0.134. The van der Waals surface area contributed by atoms with E-state index in [4.69, 9.17) is 4.74 Å². The fourth-order valence-corrected chi connectivity index (χ4v) is 5.80. The van der Waals surface area contributed by atoms with E-state index in [2.05, 4.69) is 4.72 Å². The molecule has 0 aliphatic carbocycles. The molecule has 13 heteroatoms. The molecular formula is C24H32FN3O7S2. The van der Waals surface area contributed by atoms with Crippen LogP contribution in [0.1, 0.15) is 19.4 Å². The van der Waals surface area contributed by atoms with Crippen LogP contribution in [0.5, 0.6) is 5.75 Å². The quantitative estimate of drug-likeness (QED) is 0.504. The molecule has 0 aromatic heterocycles. The van der Waals surface area contributed by atoms with Crippen molar-refractivity contribution in [2.24, 2.45) is 5.92 Å². The smallest absolute Gasteiger partial charge is 0.242 e. The summed E-state index contributed by atoms with van der Waals surface area (Å²) < 4.78 is 72.7. The number of sulfonamides is 2. The maximum Gasteiger partial charge on any atom is 0.242 e. The second-order valence-corrected chi connectivity index (χ2v) is 13.1. The summed E-state index contributed by atoms with van der Waals surface area (Å²) in [5.74, 6) is -0.888. The van der Waals surface area contributed by atoms with Gasteiger partial charge in [0.25, 0.3) is 0 Å². The number of nitrogens with zero attached hydrogens (tertiary/aromatic N) is 2. The van der Waals surface area contributed by atoms with E-state index < -0.39 is 38.0 Å². The maximum absolute atomic E-state index is 13.3. The third kappa shape index (κ3) is 7.18. The van der Waals surface area contributed by atoms with E-state index in [0.29, 0.717) is 11.3 Å². The number of anilines is 1. The van der Waals surface area contributed by atoms with Gasteiger partial charge in [0.2, 0.25) is 26.0 Å². The average molecular weight is 558 g/mol. The number of likely N-dealkylation sites (N-methyl/N-ethyl adjacent to an activating group) is 1. The monoisotopic (exact) mass is 557 g/mol. The summed E-state index contributed by atoms with van der Waals surface area (Å²) in [6.07, 6.45) is 0.185. The van der Waals surface area contributed by atoms with Crippen molar-refractivity contribution in [3.63, 3.8) is 0 Å². The number of aliphatic hydroxyl groups excluding tert-OH is 1. The number of benzene rings is 2. The summed E-state index contributed by atoms with van der Waals surface area (Å²) in [5.41, 5.74) is 0.663. The Bertz CT molecular complexity index is 1330. The van der Waals surface area contributed by atoms with Crippen LogP contribution in [0.2, 0.25) is 0 Å². The molecular weight excluding hydrogens is 525 g/mol. The minimum Gasteiger partial charge on any atom is -0.488 e. The fourth-order valence-electron chi connectivity index (χ4n) is 4.06. The van der Waals surface area contributed by atoms with Crippen molar-refractivity contribution in [3.05, 3.63) is 53.8 Å². The molecule has 0 fully saturated rings. The lowest BCUT2D eigenvalue weighted by Gasteiger charge is -2.33. The lowest BCUT2D eigenvalue weighted by atomic mass is 10.0. The summed E-state index contributed by atoms with van der Waals surface area (Å²) in [4.78, 5) is 14.7. The first kappa shape index (κ1) is 28.8. The van der Waals surface area contributed by atoms with Crippen LogP contribution >= 0.6 is 0 Å². The molecule has 1 aliphatic rings. The molecule has 204 valence electrons. The second-order valence-electron chi connectivity index (χ2n) is 9.32. The Labute approximate surface area is 217 Å². The largest absolute Gasteiger partial charge is 0.488 e. The van der Waals surface area contributed by atoms with Gasteiger partial charge in [0.05, 0.1) is 36.8 Å². The van der Waals surface area contributed by atoms with Crippen molar-refractivity contribution in [2.75, 3.05) is 37.7 Å². The number of aliphatic hydroxyl groups is 1. The van der Waals surface area contributed by atoms with Gasteiger partial charge in [-0.2, -0.15) is 4.31 Å². The molecule has 1 aliphatic heterocycles. The molecule has 0 radical (unpaired) electrons. The minimum absolute atomic E-state index is 0.0743. The number of nitrogens with one attached hydrogen (secondary N) is 1. The van der Waals surface area contributed by atoms with Gasteiger partial charge in [0, 0.05) is 30.8 Å². The van der Waals surface area contributed by atoms with Crippen molar-refractivity contribution in [2.45, 2.75) is 37.3 Å². The van der Waals surface area contributed by atoms with E-state index in [1.165, 1.54) is 42.3 Å². The summed E-state index contributed by atoms with van der Waals surface area (Å²) in [6, 6.07) is 8.53. The van der Waals surface area contributed by atoms with Crippen molar-refractivity contribution < 1.29 is 35.9 Å². The van der Waals surface area contributed by atoms with Crippen LogP contribution in [-0.4, -0.2) is 82.2 Å². The first-order chi connectivity index (χ1) is 17.2. The van der Waals surface area contributed by atoms with E-state index in [1.807, 2.05) is 6.92 Å². The summed E-state index contributed by atoms with van der Waals surface area (Å²) in [6.45, 7) is 3.35. The number of rotatable bonds is 8. The summed E-state index contributed by atoms with van der Waals surface area (Å²) in [5, 5.41) is 9.74. The third-order valence-corrected chi connectivity index (χ3v) is 8.62. The van der Waals surface area contributed by atoms with Crippen LogP contribution in [0.15, 0.2) is 47.4 Å². The predicted molar refractivity (Wildman–Crippen MR) is 137 cm³/mol. The van der Waals surface area contributed by atoms with Crippen LogP contribution in [-0.2, 0) is 31.3 Å². The molecule has 1 heterocycles. The van der Waals surface area contributed by atoms with E-state index in [1.54, 1.807) is 6.92 Å². The number of carbonyl (C=O) groups excluding carboxylic acids is 1. The van der Waals surface area contributed by atoms with Gasteiger partial charge in [0.1, 0.15) is 17.7 Å². The highest BCUT2D eigenvalue weighted by atomic mass is 32.2. The zero-order valence-corrected chi connectivity index (χ0v) is 22.7. The summed E-state index contributed by atoms with van der Waals surface area (Å²) >= 11 is 0. The Morgan fingerprint density at radius 1 is 1.19 bits per heavy atom. The molecule has 0 spiro atoms. The molecule has 2 aromatic carbocycles. The van der Waals surface area contributed by atoms with Gasteiger partial charge in [-0.3, -0.25) is 9.52 Å². The first-order valence-corrected chi connectivity index (χ1v) is 14.9. The Morgan fingerprint density at radius 3 is 2.43 bits per heavy atom. The van der Waals surface area contributed by atoms with Crippen LogP contribution in [0, 0.1) is 11.7 Å². The first-order valence-electron chi connectivity index (χ1n) is 11.6. The molecule has 3 rings (SSSR count). The number of carbonyl (C=O) groups is 1. The Hall–Kier alpha value is -2.74. The minimum atomic E-state index is -3.97. The molecule has 2 aromatic rings. The predicted octanol–water partition coefficient (Wildman–Crippen LogP) is 1.67. The Morgan fingerprint density at radius 2 is 1.84 bits per heavy atom. The van der Waals surface area contributed by atoms with Crippen molar-refractivity contribution in [3.8, 4) is 5.75 Å². The standard InChI is InChI=1S/C24H32FN3O7S2/c1-16-13-28(17(2)15-29)24(30)12-18-11-20(26-36(4,31)32)7-10-22(18)35-23(16)14-27(3)37(33,34)21-8-5-19(25)6-9-21/h5-11,16-17,23,26,29H,12-15H2,1-4H3/t16-,17-,23+/m0/s1. The average Bonchev–Trinajstić information content (AvgIpc) is 2.85. The number of halogens is 1. The van der Waals surface area contributed by atoms with Gasteiger partial charge < -0.3 is 14.7 Å². The molecule has 1 amide bonds. The van der Waals surface area contributed by atoms with Gasteiger partial charge >= 0.3 is 0 Å². The van der Waals surface area contributed by atoms with Crippen molar-refractivity contribution in [1.29, 1.82) is 0 Å². The Balaban J connectivity index is 1.99. The number of hydrogen-bond acceptors (Lipinski definition) is 7. The second kappa shape index (κ2) is 11.3. The number of fused-ring (bicyclic) bond motifs is 1. The van der Waals surface area contributed by atoms with Crippen LogP contribution in [0.25, 0.3) is 0 Å².